The zero-order valence-corrected chi connectivity index (χ0v) is 10.4. The van der Waals surface area contributed by atoms with E-state index < -0.39 is 0 Å². The first-order chi connectivity index (χ1) is 8.75. The summed E-state index contributed by atoms with van der Waals surface area (Å²) in [5, 5.41) is 0.742. The van der Waals surface area contributed by atoms with Crippen LogP contribution in [-0.2, 0) is 11.2 Å². The summed E-state index contributed by atoms with van der Waals surface area (Å²) in [7, 11) is 0. The van der Waals surface area contributed by atoms with E-state index in [1.165, 1.54) is 24.2 Å². The monoisotopic (exact) mass is 262 g/mol. The number of carbonyl (C=O) groups excluding carboxylic acids is 1. The van der Waals surface area contributed by atoms with Gasteiger partial charge >= 0.3 is 0 Å². The van der Waals surface area contributed by atoms with Gasteiger partial charge in [-0.3, -0.25) is 4.79 Å². The molecule has 0 spiro atoms. The number of rotatable bonds is 5. The van der Waals surface area contributed by atoms with Gasteiger partial charge < -0.3 is 0 Å². The molecule has 0 N–H and O–H groups in total. The first kappa shape index (κ1) is 12.7. The van der Waals surface area contributed by atoms with Crippen LogP contribution < -0.4 is 0 Å². The third-order valence-corrected chi connectivity index (χ3v) is 3.28. The van der Waals surface area contributed by atoms with Crippen LogP contribution in [0.15, 0.2) is 47.9 Å². The van der Waals surface area contributed by atoms with Gasteiger partial charge in [-0.2, -0.15) is 0 Å². The van der Waals surface area contributed by atoms with Crippen LogP contribution in [0.3, 0.4) is 0 Å². The number of halogens is 1. The zero-order valence-electron chi connectivity index (χ0n) is 9.54. The maximum Gasteiger partial charge on any atom is 0.147 e. The molecule has 0 saturated heterocycles. The maximum atomic E-state index is 13.3. The summed E-state index contributed by atoms with van der Waals surface area (Å²) in [4.78, 5) is 19.5. The lowest BCUT2D eigenvalue weighted by atomic mass is 10.1. The highest BCUT2D eigenvalue weighted by Gasteiger charge is 2.08. The minimum absolute atomic E-state index is 0.0243. The lowest BCUT2D eigenvalue weighted by Crippen LogP contribution is -2.07. The molecule has 3 nitrogen and oxygen atoms in total. The number of hydrogen-bond acceptors (Lipinski definition) is 4. The number of ketones is 1. The van der Waals surface area contributed by atoms with Crippen molar-refractivity contribution >= 4 is 17.5 Å². The van der Waals surface area contributed by atoms with Crippen molar-refractivity contribution in [2.24, 2.45) is 0 Å². The second kappa shape index (κ2) is 6.26. The predicted octanol–water partition coefficient (Wildman–Crippen LogP) is 2.52. The fourth-order valence-corrected chi connectivity index (χ4v) is 2.11. The van der Waals surface area contributed by atoms with E-state index in [4.69, 9.17) is 0 Å². The van der Waals surface area contributed by atoms with Crippen LogP contribution in [0.2, 0.25) is 0 Å². The SMILES string of the molecule is O=C(CSc1ccncn1)Cc1ccccc1F. The molecule has 0 aliphatic rings. The molecule has 0 aliphatic carbocycles. The number of benzene rings is 1. The molecular weight excluding hydrogens is 251 g/mol. The lowest BCUT2D eigenvalue weighted by Gasteiger charge is -2.02. The molecule has 1 aromatic carbocycles. The summed E-state index contributed by atoms with van der Waals surface area (Å²) in [5.41, 5.74) is 0.436. The Balaban J connectivity index is 1.88. The maximum absolute atomic E-state index is 13.3. The van der Waals surface area contributed by atoms with Gasteiger partial charge in [-0.1, -0.05) is 30.0 Å². The average molecular weight is 262 g/mol. The van der Waals surface area contributed by atoms with E-state index in [-0.39, 0.29) is 23.8 Å². The first-order valence-corrected chi connectivity index (χ1v) is 6.38. The van der Waals surface area contributed by atoms with Crippen molar-refractivity contribution in [1.82, 2.24) is 9.97 Å². The first-order valence-electron chi connectivity index (χ1n) is 5.39. The Morgan fingerprint density at radius 3 is 2.83 bits per heavy atom. The van der Waals surface area contributed by atoms with Crippen LogP contribution in [0.4, 0.5) is 4.39 Å². The highest BCUT2D eigenvalue weighted by atomic mass is 32.2. The summed E-state index contributed by atoms with van der Waals surface area (Å²) in [6.07, 6.45) is 3.17. The molecule has 18 heavy (non-hydrogen) atoms. The van der Waals surface area contributed by atoms with Crippen molar-refractivity contribution in [3.63, 3.8) is 0 Å². The van der Waals surface area contributed by atoms with Gasteiger partial charge in [0, 0.05) is 12.6 Å². The standard InChI is InChI=1S/C13H11FN2OS/c14-12-4-2-1-3-10(12)7-11(17)8-18-13-5-6-15-9-16-13/h1-6,9H,7-8H2. The second-order valence-electron chi connectivity index (χ2n) is 3.64. The second-order valence-corrected chi connectivity index (χ2v) is 4.64. The van der Waals surface area contributed by atoms with Crippen LogP contribution in [0.1, 0.15) is 5.56 Å². The molecule has 0 bridgehead atoms. The molecule has 92 valence electrons. The predicted molar refractivity (Wildman–Crippen MR) is 67.9 cm³/mol. The molecule has 0 radical (unpaired) electrons. The molecule has 2 aromatic rings. The van der Waals surface area contributed by atoms with E-state index >= 15 is 0 Å². The van der Waals surface area contributed by atoms with E-state index in [2.05, 4.69) is 9.97 Å². The Bertz CT molecular complexity index is 534. The zero-order chi connectivity index (χ0) is 12.8. The average Bonchev–Trinajstić information content (AvgIpc) is 2.40. The summed E-state index contributed by atoms with van der Waals surface area (Å²) >= 11 is 1.33. The highest BCUT2D eigenvalue weighted by molar-refractivity contribution is 7.99. The number of carbonyl (C=O) groups is 1. The molecule has 0 saturated carbocycles. The Kier molecular flexibility index (Phi) is 4.41. The van der Waals surface area contributed by atoms with Gasteiger partial charge in [0.05, 0.1) is 10.8 Å². The molecule has 0 fully saturated rings. The Morgan fingerprint density at radius 1 is 1.28 bits per heavy atom. The third kappa shape index (κ3) is 3.63. The van der Waals surface area contributed by atoms with Gasteiger partial charge in [-0.05, 0) is 17.7 Å². The van der Waals surface area contributed by atoms with Gasteiger partial charge in [0.25, 0.3) is 0 Å². The molecule has 2 rings (SSSR count). The number of Topliss-reactive ketones (excluding diaryl/α,β-unsaturated/α-hetero) is 1. The van der Waals surface area contributed by atoms with Crippen molar-refractivity contribution in [3.8, 4) is 0 Å². The minimum Gasteiger partial charge on any atom is -0.298 e. The van der Waals surface area contributed by atoms with Gasteiger partial charge in [-0.25, -0.2) is 14.4 Å². The van der Waals surface area contributed by atoms with Gasteiger partial charge in [-0.15, -0.1) is 0 Å². The van der Waals surface area contributed by atoms with Crippen LogP contribution in [0.25, 0.3) is 0 Å². The topological polar surface area (TPSA) is 42.9 Å². The number of aromatic nitrogens is 2. The van der Waals surface area contributed by atoms with Crippen molar-refractivity contribution in [1.29, 1.82) is 0 Å². The normalized spacial score (nSPS) is 10.3. The largest absolute Gasteiger partial charge is 0.298 e. The molecule has 5 heteroatoms. The number of thioether (sulfide) groups is 1. The van der Waals surface area contributed by atoms with Gasteiger partial charge in [0.2, 0.25) is 0 Å². The quantitative estimate of drug-likeness (QED) is 0.613. The van der Waals surface area contributed by atoms with Crippen molar-refractivity contribution < 1.29 is 9.18 Å². The van der Waals surface area contributed by atoms with Crippen LogP contribution in [0, 0.1) is 5.82 Å². The molecule has 1 heterocycles. The highest BCUT2D eigenvalue weighted by Crippen LogP contribution is 2.15. The van der Waals surface area contributed by atoms with E-state index in [0.29, 0.717) is 5.56 Å². The van der Waals surface area contributed by atoms with Crippen molar-refractivity contribution in [2.45, 2.75) is 11.4 Å². The Hall–Kier alpha value is -1.75. The summed E-state index contributed by atoms with van der Waals surface area (Å²) in [5.74, 6) is -0.0765. The molecule has 0 aliphatic heterocycles. The van der Waals surface area contributed by atoms with Gasteiger partial charge in [0.1, 0.15) is 17.9 Å². The van der Waals surface area contributed by atoms with Crippen LogP contribution in [0.5, 0.6) is 0 Å². The molecule has 0 amide bonds. The lowest BCUT2D eigenvalue weighted by molar-refractivity contribution is -0.116. The number of nitrogens with zero attached hydrogens (tertiary/aromatic N) is 2. The minimum atomic E-state index is -0.335. The van der Waals surface area contributed by atoms with E-state index in [0.717, 1.165) is 5.03 Å². The molecule has 0 unspecified atom stereocenters. The molecule has 1 aromatic heterocycles. The fourth-order valence-electron chi connectivity index (χ4n) is 1.42. The van der Waals surface area contributed by atoms with E-state index in [1.54, 1.807) is 30.5 Å². The molecule has 0 atom stereocenters. The van der Waals surface area contributed by atoms with E-state index in [1.807, 2.05) is 0 Å². The van der Waals surface area contributed by atoms with Crippen LogP contribution >= 0.6 is 11.8 Å². The summed E-state index contributed by atoms with van der Waals surface area (Å²) < 4.78 is 13.3. The van der Waals surface area contributed by atoms with Gasteiger partial charge in [0.15, 0.2) is 0 Å². The van der Waals surface area contributed by atoms with Crippen LogP contribution in [-0.4, -0.2) is 21.5 Å². The third-order valence-electron chi connectivity index (χ3n) is 2.28. The smallest absolute Gasteiger partial charge is 0.147 e. The summed E-state index contributed by atoms with van der Waals surface area (Å²) in [6, 6.07) is 8.06. The van der Waals surface area contributed by atoms with Crippen molar-refractivity contribution in [2.75, 3.05) is 5.75 Å². The van der Waals surface area contributed by atoms with E-state index in [9.17, 15) is 9.18 Å². The summed E-state index contributed by atoms with van der Waals surface area (Å²) in [6.45, 7) is 0. The number of hydrogen-bond donors (Lipinski definition) is 0. The molecular formula is C13H11FN2OS. The Morgan fingerprint density at radius 2 is 2.11 bits per heavy atom. The van der Waals surface area contributed by atoms with Crippen molar-refractivity contribution in [3.05, 3.63) is 54.2 Å². The fraction of sp³-hybridized carbons (Fsp3) is 0.154. The Labute approximate surface area is 108 Å².